The highest BCUT2D eigenvalue weighted by atomic mass is 16.6. The van der Waals surface area contributed by atoms with Crippen LogP contribution in [0.5, 0.6) is 11.5 Å². The van der Waals surface area contributed by atoms with Crippen LogP contribution in [0, 0.1) is 10.1 Å². The average Bonchev–Trinajstić information content (AvgIpc) is 2.60. The molecule has 24 heavy (non-hydrogen) atoms. The maximum absolute atomic E-state index is 10.9. The Hall–Kier alpha value is -2.60. The molecule has 1 aliphatic rings. The van der Waals surface area contributed by atoms with Gasteiger partial charge in [-0.15, -0.1) is 0 Å². The van der Waals surface area contributed by atoms with Gasteiger partial charge in [-0.3, -0.25) is 15.0 Å². The molecule has 0 radical (unpaired) electrons. The standard InChI is InChI=1S/C18H20N2O4/c1-23-17-9-14-6-7-19(12-15(14)10-18(17)24-2)11-13-4-3-5-16(8-13)20(21)22/h3-5,8-10H,6-7,11-12H2,1-2H3. The Balaban J connectivity index is 1.77. The maximum atomic E-state index is 10.9. The lowest BCUT2D eigenvalue weighted by atomic mass is 9.98. The van der Waals surface area contributed by atoms with Crippen LogP contribution in [0.3, 0.4) is 0 Å². The summed E-state index contributed by atoms with van der Waals surface area (Å²) in [5.41, 5.74) is 3.57. The second kappa shape index (κ2) is 6.88. The summed E-state index contributed by atoms with van der Waals surface area (Å²) in [6.45, 7) is 2.39. The molecular weight excluding hydrogens is 308 g/mol. The fourth-order valence-corrected chi connectivity index (χ4v) is 3.10. The summed E-state index contributed by atoms with van der Waals surface area (Å²) in [7, 11) is 3.27. The SMILES string of the molecule is COc1cc2c(cc1OC)CN(Cc1cccc([N+](=O)[O-])c1)CC2. The summed E-state index contributed by atoms with van der Waals surface area (Å²) in [6, 6.07) is 10.9. The van der Waals surface area contributed by atoms with E-state index in [1.54, 1.807) is 26.4 Å². The van der Waals surface area contributed by atoms with Crippen LogP contribution in [0.2, 0.25) is 0 Å². The molecule has 0 atom stereocenters. The lowest BCUT2D eigenvalue weighted by molar-refractivity contribution is -0.384. The third kappa shape index (κ3) is 3.33. The zero-order valence-electron chi connectivity index (χ0n) is 13.8. The zero-order valence-corrected chi connectivity index (χ0v) is 13.8. The molecule has 0 bridgehead atoms. The van der Waals surface area contributed by atoms with E-state index in [1.165, 1.54) is 17.2 Å². The van der Waals surface area contributed by atoms with E-state index in [0.29, 0.717) is 6.54 Å². The molecule has 0 amide bonds. The van der Waals surface area contributed by atoms with Crippen LogP contribution in [-0.2, 0) is 19.5 Å². The Kier molecular flexibility index (Phi) is 4.66. The van der Waals surface area contributed by atoms with Crippen LogP contribution in [0.25, 0.3) is 0 Å². The lowest BCUT2D eigenvalue weighted by Crippen LogP contribution is -2.30. The van der Waals surface area contributed by atoms with Crippen molar-refractivity contribution in [2.45, 2.75) is 19.5 Å². The summed E-state index contributed by atoms with van der Waals surface area (Å²) in [4.78, 5) is 12.8. The minimum Gasteiger partial charge on any atom is -0.493 e. The van der Waals surface area contributed by atoms with Crippen molar-refractivity contribution in [3.05, 3.63) is 63.2 Å². The first-order valence-corrected chi connectivity index (χ1v) is 7.80. The van der Waals surface area contributed by atoms with E-state index >= 15 is 0 Å². The monoisotopic (exact) mass is 328 g/mol. The van der Waals surface area contributed by atoms with Crippen LogP contribution in [0.4, 0.5) is 5.69 Å². The van der Waals surface area contributed by atoms with Crippen molar-refractivity contribution in [3.63, 3.8) is 0 Å². The molecule has 6 nitrogen and oxygen atoms in total. The van der Waals surface area contributed by atoms with Crippen LogP contribution in [-0.4, -0.2) is 30.6 Å². The molecule has 126 valence electrons. The molecule has 0 N–H and O–H groups in total. The molecule has 0 fully saturated rings. The van der Waals surface area contributed by atoms with Gasteiger partial charge in [-0.1, -0.05) is 12.1 Å². The Labute approximate surface area is 140 Å². The van der Waals surface area contributed by atoms with Crippen molar-refractivity contribution in [2.75, 3.05) is 20.8 Å². The van der Waals surface area contributed by atoms with E-state index in [4.69, 9.17) is 9.47 Å². The molecule has 0 saturated carbocycles. The largest absolute Gasteiger partial charge is 0.493 e. The highest BCUT2D eigenvalue weighted by Gasteiger charge is 2.20. The van der Waals surface area contributed by atoms with Crippen LogP contribution in [0.15, 0.2) is 36.4 Å². The second-order valence-electron chi connectivity index (χ2n) is 5.86. The first-order chi connectivity index (χ1) is 11.6. The highest BCUT2D eigenvalue weighted by Crippen LogP contribution is 2.33. The zero-order chi connectivity index (χ0) is 17.1. The molecule has 0 saturated heterocycles. The molecule has 0 aliphatic carbocycles. The first-order valence-electron chi connectivity index (χ1n) is 7.80. The van der Waals surface area contributed by atoms with Gasteiger partial charge < -0.3 is 9.47 Å². The predicted molar refractivity (Wildman–Crippen MR) is 90.5 cm³/mol. The Morgan fingerprint density at radius 1 is 1.12 bits per heavy atom. The van der Waals surface area contributed by atoms with Crippen molar-refractivity contribution >= 4 is 5.69 Å². The summed E-state index contributed by atoms with van der Waals surface area (Å²) in [5, 5.41) is 10.9. The van der Waals surface area contributed by atoms with E-state index < -0.39 is 0 Å². The van der Waals surface area contributed by atoms with E-state index in [9.17, 15) is 10.1 Å². The summed E-state index contributed by atoms with van der Waals surface area (Å²) in [5.74, 6) is 1.48. The van der Waals surface area contributed by atoms with E-state index in [-0.39, 0.29) is 10.6 Å². The van der Waals surface area contributed by atoms with Gasteiger partial charge in [0.05, 0.1) is 19.1 Å². The van der Waals surface area contributed by atoms with E-state index in [1.807, 2.05) is 18.2 Å². The number of non-ortho nitro benzene ring substituents is 1. The summed E-state index contributed by atoms with van der Waals surface area (Å²) >= 11 is 0. The molecule has 0 spiro atoms. The Morgan fingerprint density at radius 3 is 2.50 bits per heavy atom. The number of nitrogens with zero attached hydrogens (tertiary/aromatic N) is 2. The molecule has 2 aromatic rings. The van der Waals surface area contributed by atoms with Gasteiger partial charge in [0.2, 0.25) is 0 Å². The average molecular weight is 328 g/mol. The maximum Gasteiger partial charge on any atom is 0.269 e. The van der Waals surface area contributed by atoms with Crippen molar-refractivity contribution in [1.82, 2.24) is 4.90 Å². The molecule has 2 aromatic carbocycles. The fourth-order valence-electron chi connectivity index (χ4n) is 3.10. The third-order valence-corrected chi connectivity index (χ3v) is 4.32. The van der Waals surface area contributed by atoms with Gasteiger partial charge in [0.25, 0.3) is 5.69 Å². The van der Waals surface area contributed by atoms with Gasteiger partial charge in [-0.25, -0.2) is 0 Å². The normalized spacial score (nSPS) is 14.1. The minimum absolute atomic E-state index is 0.135. The number of nitro benzene ring substituents is 1. The van der Waals surface area contributed by atoms with Crippen molar-refractivity contribution in [2.24, 2.45) is 0 Å². The molecule has 0 aromatic heterocycles. The number of hydrogen-bond donors (Lipinski definition) is 0. The molecule has 1 heterocycles. The number of benzene rings is 2. The van der Waals surface area contributed by atoms with Crippen LogP contribution < -0.4 is 9.47 Å². The second-order valence-corrected chi connectivity index (χ2v) is 5.86. The quantitative estimate of drug-likeness (QED) is 0.623. The first kappa shape index (κ1) is 16.3. The Morgan fingerprint density at radius 2 is 1.83 bits per heavy atom. The van der Waals surface area contributed by atoms with Gasteiger partial charge in [-0.2, -0.15) is 0 Å². The topological polar surface area (TPSA) is 64.8 Å². The smallest absolute Gasteiger partial charge is 0.269 e. The van der Waals surface area contributed by atoms with Gasteiger partial charge in [0.15, 0.2) is 11.5 Å². The fraction of sp³-hybridized carbons (Fsp3) is 0.333. The van der Waals surface area contributed by atoms with Crippen molar-refractivity contribution in [3.8, 4) is 11.5 Å². The van der Waals surface area contributed by atoms with Crippen LogP contribution >= 0.6 is 0 Å². The third-order valence-electron chi connectivity index (χ3n) is 4.32. The molecule has 0 unspecified atom stereocenters. The highest BCUT2D eigenvalue weighted by molar-refractivity contribution is 5.48. The van der Waals surface area contributed by atoms with Crippen molar-refractivity contribution in [1.29, 1.82) is 0 Å². The molecule has 1 aliphatic heterocycles. The van der Waals surface area contributed by atoms with Gasteiger partial charge in [0, 0.05) is 31.8 Å². The number of ether oxygens (including phenoxy) is 2. The van der Waals surface area contributed by atoms with E-state index in [0.717, 1.165) is 36.6 Å². The number of fused-ring (bicyclic) bond motifs is 1. The summed E-state index contributed by atoms with van der Waals surface area (Å²) < 4.78 is 10.7. The molecule has 6 heteroatoms. The Bertz CT molecular complexity index is 761. The number of methoxy groups -OCH3 is 2. The minimum atomic E-state index is -0.355. The number of rotatable bonds is 5. The molecule has 3 rings (SSSR count). The number of hydrogen-bond acceptors (Lipinski definition) is 5. The van der Waals surface area contributed by atoms with Crippen molar-refractivity contribution < 1.29 is 14.4 Å². The van der Waals surface area contributed by atoms with Gasteiger partial charge in [-0.05, 0) is 35.2 Å². The van der Waals surface area contributed by atoms with Gasteiger partial charge in [0.1, 0.15) is 0 Å². The lowest BCUT2D eigenvalue weighted by Gasteiger charge is -2.29. The summed E-state index contributed by atoms with van der Waals surface area (Å²) in [6.07, 6.45) is 0.921. The van der Waals surface area contributed by atoms with Gasteiger partial charge >= 0.3 is 0 Å². The van der Waals surface area contributed by atoms with Crippen LogP contribution in [0.1, 0.15) is 16.7 Å². The number of nitro groups is 1. The molecular formula is C18H20N2O4. The van der Waals surface area contributed by atoms with E-state index in [2.05, 4.69) is 4.90 Å². The predicted octanol–water partition coefficient (Wildman–Crippen LogP) is 3.17.